The SMILES string of the molecule is CCCCCCOC(=O)OCC(I)=C(I)I. The lowest BCUT2D eigenvalue weighted by molar-refractivity contribution is 0.0617. The highest BCUT2D eigenvalue weighted by atomic mass is 127. The van der Waals surface area contributed by atoms with Gasteiger partial charge in [-0.2, -0.15) is 0 Å². The molecule has 0 aromatic heterocycles. The van der Waals surface area contributed by atoms with Crippen molar-refractivity contribution in [3.05, 3.63) is 5.17 Å². The summed E-state index contributed by atoms with van der Waals surface area (Å²) in [4.78, 5) is 11.1. The Kier molecular flexibility index (Phi) is 12.1. The molecule has 0 rings (SSSR count). The minimum Gasteiger partial charge on any atom is -0.434 e. The molecule has 3 nitrogen and oxygen atoms in total. The van der Waals surface area contributed by atoms with Crippen LogP contribution in [0.1, 0.15) is 32.6 Å². The number of carbonyl (C=O) groups is 1. The van der Waals surface area contributed by atoms with Gasteiger partial charge in [0.15, 0.2) is 0 Å². The molecule has 94 valence electrons. The Hall–Kier alpha value is 1.20. The number of ether oxygens (including phenoxy) is 2. The number of halogens is 3. The first-order chi connectivity index (χ1) is 7.57. The molecule has 0 bridgehead atoms. The van der Waals surface area contributed by atoms with Crippen LogP contribution in [0.2, 0.25) is 0 Å². The lowest BCUT2D eigenvalue weighted by Gasteiger charge is -2.05. The Bertz CT molecular complexity index is 237. The zero-order valence-corrected chi connectivity index (χ0v) is 15.6. The molecule has 0 fully saturated rings. The van der Waals surface area contributed by atoms with Crippen LogP contribution in [0.15, 0.2) is 5.17 Å². The first-order valence-corrected chi connectivity index (χ1v) is 8.30. The summed E-state index contributed by atoms with van der Waals surface area (Å²) < 4.78 is 12.0. The summed E-state index contributed by atoms with van der Waals surface area (Å²) in [6.07, 6.45) is 3.82. The number of hydrogen-bond donors (Lipinski definition) is 0. The van der Waals surface area contributed by atoms with E-state index in [0.717, 1.165) is 18.0 Å². The van der Waals surface area contributed by atoms with Crippen molar-refractivity contribution in [2.75, 3.05) is 13.2 Å². The Morgan fingerprint density at radius 1 is 1.06 bits per heavy atom. The molecule has 0 aromatic rings. The van der Waals surface area contributed by atoms with Gasteiger partial charge in [-0.15, -0.1) is 0 Å². The molecule has 0 aliphatic carbocycles. The monoisotopic (exact) mass is 564 g/mol. The van der Waals surface area contributed by atoms with Crippen molar-refractivity contribution in [2.45, 2.75) is 32.6 Å². The van der Waals surface area contributed by atoms with Gasteiger partial charge in [-0.3, -0.25) is 0 Å². The van der Waals surface area contributed by atoms with Gasteiger partial charge in [0, 0.05) is 3.58 Å². The summed E-state index contributed by atoms with van der Waals surface area (Å²) in [5, 5.41) is 0. The second kappa shape index (κ2) is 11.3. The third-order valence-corrected chi connectivity index (χ3v) is 5.96. The Balaban J connectivity index is 3.49. The maximum atomic E-state index is 11.1. The fraction of sp³-hybridized carbons (Fsp3) is 0.700. The standard InChI is InChI=1S/C10H15I3O3/c1-2-3-4-5-6-15-10(14)16-7-8(11)9(12)13/h2-7H2,1H3. The van der Waals surface area contributed by atoms with Gasteiger partial charge in [-0.25, -0.2) is 4.79 Å². The number of carbonyl (C=O) groups excluding carboxylic acids is 1. The summed E-state index contributed by atoms with van der Waals surface area (Å²) in [7, 11) is 0. The molecule has 0 unspecified atom stereocenters. The summed E-state index contributed by atoms with van der Waals surface area (Å²) >= 11 is 6.52. The Morgan fingerprint density at radius 2 is 1.75 bits per heavy atom. The Labute approximate surface area is 138 Å². The predicted octanol–water partition coefficient (Wildman–Crippen LogP) is 5.19. The first-order valence-electron chi connectivity index (χ1n) is 5.07. The summed E-state index contributed by atoms with van der Waals surface area (Å²) in [6, 6.07) is 0. The highest BCUT2D eigenvalue weighted by molar-refractivity contribution is 14.2. The lowest BCUT2D eigenvalue weighted by Crippen LogP contribution is -2.09. The van der Waals surface area contributed by atoms with Gasteiger partial charge in [0.25, 0.3) is 0 Å². The largest absolute Gasteiger partial charge is 0.508 e. The van der Waals surface area contributed by atoms with Crippen LogP contribution >= 0.6 is 67.8 Å². The van der Waals surface area contributed by atoms with E-state index < -0.39 is 6.16 Å². The normalized spacial score (nSPS) is 9.75. The summed E-state index contributed by atoms with van der Waals surface area (Å²) in [5.41, 5.74) is 0. The lowest BCUT2D eigenvalue weighted by atomic mass is 10.2. The highest BCUT2D eigenvalue weighted by Gasteiger charge is 2.05. The molecule has 0 saturated heterocycles. The van der Waals surface area contributed by atoms with Crippen LogP contribution in [0, 0.1) is 0 Å². The van der Waals surface area contributed by atoms with Crippen molar-refractivity contribution >= 4 is 73.9 Å². The maximum absolute atomic E-state index is 11.1. The molecule has 0 heterocycles. The summed E-state index contributed by atoms with van der Waals surface area (Å²) in [5.74, 6) is 0. The van der Waals surface area contributed by atoms with E-state index in [1.165, 1.54) is 12.8 Å². The molecule has 0 aliphatic rings. The van der Waals surface area contributed by atoms with Gasteiger partial charge >= 0.3 is 6.16 Å². The van der Waals surface area contributed by atoms with Crippen molar-refractivity contribution in [2.24, 2.45) is 0 Å². The molecule has 0 N–H and O–H groups in total. The molecule has 0 saturated carbocycles. The second-order valence-corrected chi connectivity index (χ2v) is 8.64. The van der Waals surface area contributed by atoms with Crippen LogP contribution in [0.5, 0.6) is 0 Å². The maximum Gasteiger partial charge on any atom is 0.508 e. The minimum absolute atomic E-state index is 0.301. The molecule has 0 spiro atoms. The van der Waals surface area contributed by atoms with Gasteiger partial charge in [0.1, 0.15) is 6.61 Å². The van der Waals surface area contributed by atoms with E-state index in [9.17, 15) is 4.79 Å². The average Bonchev–Trinajstić information content (AvgIpc) is 2.25. The molecule has 16 heavy (non-hydrogen) atoms. The second-order valence-electron chi connectivity index (χ2n) is 3.11. The molecule has 0 atom stereocenters. The van der Waals surface area contributed by atoms with E-state index in [2.05, 4.69) is 74.7 Å². The van der Waals surface area contributed by atoms with Crippen molar-refractivity contribution in [1.82, 2.24) is 0 Å². The molecule has 6 heteroatoms. The van der Waals surface area contributed by atoms with Crippen molar-refractivity contribution in [3.63, 3.8) is 0 Å². The summed E-state index contributed by atoms with van der Waals surface area (Å²) in [6.45, 7) is 2.91. The number of rotatable bonds is 7. The van der Waals surface area contributed by atoms with E-state index in [1.54, 1.807) is 0 Å². The van der Waals surface area contributed by atoms with Crippen LogP contribution in [-0.4, -0.2) is 19.4 Å². The molecular formula is C10H15I3O3. The van der Waals surface area contributed by atoms with Crippen molar-refractivity contribution in [1.29, 1.82) is 0 Å². The van der Waals surface area contributed by atoms with Crippen LogP contribution in [-0.2, 0) is 9.47 Å². The van der Waals surface area contributed by atoms with Gasteiger partial charge in [0.2, 0.25) is 0 Å². The zero-order chi connectivity index (χ0) is 12.4. The van der Waals surface area contributed by atoms with E-state index >= 15 is 0 Å². The minimum atomic E-state index is -0.570. The predicted molar refractivity (Wildman–Crippen MR) is 90.5 cm³/mol. The van der Waals surface area contributed by atoms with Crippen LogP contribution in [0.3, 0.4) is 0 Å². The van der Waals surface area contributed by atoms with Gasteiger partial charge in [-0.05, 0) is 74.2 Å². The van der Waals surface area contributed by atoms with E-state index in [-0.39, 0.29) is 0 Å². The van der Waals surface area contributed by atoms with Crippen molar-refractivity contribution in [3.8, 4) is 0 Å². The first kappa shape index (κ1) is 17.2. The number of unbranched alkanes of at least 4 members (excludes halogenated alkanes) is 3. The molecule has 0 radical (unpaired) electrons. The van der Waals surface area contributed by atoms with Crippen molar-refractivity contribution < 1.29 is 14.3 Å². The van der Waals surface area contributed by atoms with Crippen LogP contribution in [0.4, 0.5) is 4.79 Å². The van der Waals surface area contributed by atoms with Crippen LogP contribution in [0.25, 0.3) is 0 Å². The van der Waals surface area contributed by atoms with E-state index in [1.807, 2.05) is 0 Å². The van der Waals surface area contributed by atoms with E-state index in [4.69, 9.17) is 9.47 Å². The highest BCUT2D eigenvalue weighted by Crippen LogP contribution is 2.25. The number of hydrogen-bond acceptors (Lipinski definition) is 3. The third-order valence-electron chi connectivity index (χ3n) is 1.74. The topological polar surface area (TPSA) is 35.5 Å². The molecular weight excluding hydrogens is 549 g/mol. The van der Waals surface area contributed by atoms with Gasteiger partial charge in [0.05, 0.1) is 8.19 Å². The zero-order valence-electron chi connectivity index (χ0n) is 9.10. The molecule has 0 aliphatic heterocycles. The smallest absolute Gasteiger partial charge is 0.434 e. The van der Waals surface area contributed by atoms with Gasteiger partial charge in [-0.1, -0.05) is 26.2 Å². The molecule has 0 amide bonds. The fourth-order valence-electron chi connectivity index (χ4n) is 0.903. The third kappa shape index (κ3) is 10.4. The van der Waals surface area contributed by atoms with E-state index in [0.29, 0.717) is 13.2 Å². The fourth-order valence-corrected chi connectivity index (χ4v) is 1.37. The Morgan fingerprint density at radius 3 is 2.31 bits per heavy atom. The average molecular weight is 564 g/mol. The van der Waals surface area contributed by atoms with Gasteiger partial charge < -0.3 is 9.47 Å². The van der Waals surface area contributed by atoms with Crippen LogP contribution < -0.4 is 0 Å². The molecule has 0 aromatic carbocycles. The quantitative estimate of drug-likeness (QED) is 0.243.